The van der Waals surface area contributed by atoms with E-state index in [-0.39, 0.29) is 5.91 Å². The van der Waals surface area contributed by atoms with Gasteiger partial charge in [0, 0.05) is 18.8 Å². The van der Waals surface area contributed by atoms with Gasteiger partial charge in [-0.15, -0.1) is 0 Å². The number of anilines is 1. The molecule has 1 fully saturated rings. The van der Waals surface area contributed by atoms with E-state index in [1.807, 2.05) is 18.2 Å². The Morgan fingerprint density at radius 3 is 2.80 bits per heavy atom. The Labute approximate surface area is 120 Å². The molecule has 0 atom stereocenters. The van der Waals surface area contributed by atoms with Crippen LogP contribution in [-0.4, -0.2) is 32.2 Å². The maximum Gasteiger partial charge on any atom is 0.239 e. The first-order valence-electron chi connectivity index (χ1n) is 7.39. The second kappa shape index (κ2) is 7.90. The molecule has 110 valence electrons. The van der Waals surface area contributed by atoms with Gasteiger partial charge in [0.25, 0.3) is 0 Å². The van der Waals surface area contributed by atoms with Crippen LogP contribution >= 0.6 is 0 Å². The second-order valence-electron chi connectivity index (χ2n) is 5.30. The molecular weight excluding hydrogens is 252 g/mol. The van der Waals surface area contributed by atoms with Crippen LogP contribution in [0.4, 0.5) is 5.69 Å². The number of rotatable bonds is 7. The normalized spacial score (nSPS) is 15.2. The van der Waals surface area contributed by atoms with Crippen molar-refractivity contribution in [2.45, 2.75) is 38.1 Å². The zero-order chi connectivity index (χ0) is 14.2. The van der Waals surface area contributed by atoms with Gasteiger partial charge in [-0.2, -0.15) is 0 Å². The minimum absolute atomic E-state index is 0.0819. The average molecular weight is 276 g/mol. The fraction of sp³-hybridized carbons (Fsp3) is 0.562. The van der Waals surface area contributed by atoms with Crippen molar-refractivity contribution in [1.29, 1.82) is 0 Å². The summed E-state index contributed by atoms with van der Waals surface area (Å²) in [6.07, 6.45) is 5.56. The Hall–Kier alpha value is -1.55. The number of methoxy groups -OCH3 is 1. The van der Waals surface area contributed by atoms with Gasteiger partial charge in [0.1, 0.15) is 0 Å². The highest BCUT2D eigenvalue weighted by molar-refractivity contribution is 5.81. The molecule has 1 aliphatic carbocycles. The quantitative estimate of drug-likeness (QED) is 0.803. The van der Waals surface area contributed by atoms with E-state index in [1.54, 1.807) is 7.11 Å². The van der Waals surface area contributed by atoms with Crippen molar-refractivity contribution < 1.29 is 9.53 Å². The minimum atomic E-state index is 0.0819. The lowest BCUT2D eigenvalue weighted by Gasteiger charge is -2.14. The summed E-state index contributed by atoms with van der Waals surface area (Å²) in [5.74, 6) is 0.0819. The monoisotopic (exact) mass is 276 g/mol. The second-order valence-corrected chi connectivity index (χ2v) is 5.30. The van der Waals surface area contributed by atoms with E-state index in [0.717, 1.165) is 24.9 Å². The van der Waals surface area contributed by atoms with Crippen molar-refractivity contribution in [3.63, 3.8) is 0 Å². The van der Waals surface area contributed by atoms with Crippen LogP contribution in [0.5, 0.6) is 0 Å². The van der Waals surface area contributed by atoms with Gasteiger partial charge < -0.3 is 15.4 Å². The lowest BCUT2D eigenvalue weighted by molar-refractivity contribution is -0.120. The van der Waals surface area contributed by atoms with Crippen LogP contribution in [-0.2, 0) is 16.0 Å². The summed E-state index contributed by atoms with van der Waals surface area (Å²) in [5.41, 5.74) is 2.20. The first-order valence-corrected chi connectivity index (χ1v) is 7.39. The van der Waals surface area contributed by atoms with Crippen molar-refractivity contribution in [3.05, 3.63) is 29.8 Å². The predicted molar refractivity (Wildman–Crippen MR) is 80.9 cm³/mol. The highest BCUT2D eigenvalue weighted by Gasteiger charge is 2.16. The number of hydrogen-bond acceptors (Lipinski definition) is 3. The summed E-state index contributed by atoms with van der Waals surface area (Å²) in [5, 5.41) is 6.31. The highest BCUT2D eigenvalue weighted by atomic mass is 16.5. The molecule has 1 aliphatic rings. The van der Waals surface area contributed by atoms with Crippen LogP contribution in [0.25, 0.3) is 0 Å². The van der Waals surface area contributed by atoms with E-state index in [2.05, 4.69) is 16.7 Å². The number of amides is 1. The third-order valence-electron chi connectivity index (χ3n) is 3.75. The number of hydrogen-bond donors (Lipinski definition) is 2. The summed E-state index contributed by atoms with van der Waals surface area (Å²) in [6, 6.07) is 8.44. The van der Waals surface area contributed by atoms with E-state index >= 15 is 0 Å². The van der Waals surface area contributed by atoms with Crippen molar-refractivity contribution in [3.8, 4) is 0 Å². The number of para-hydroxylation sites is 1. The maximum atomic E-state index is 11.9. The molecule has 0 aromatic heterocycles. The fourth-order valence-corrected chi connectivity index (χ4v) is 2.65. The zero-order valence-electron chi connectivity index (χ0n) is 12.2. The smallest absolute Gasteiger partial charge is 0.239 e. The molecule has 0 saturated heterocycles. The van der Waals surface area contributed by atoms with Gasteiger partial charge in [0.15, 0.2) is 0 Å². The van der Waals surface area contributed by atoms with Gasteiger partial charge in [-0.1, -0.05) is 31.0 Å². The first kappa shape index (κ1) is 14.9. The largest absolute Gasteiger partial charge is 0.384 e. The number of ether oxygens (including phenoxy) is 1. The first-order chi connectivity index (χ1) is 9.79. The third kappa shape index (κ3) is 4.53. The van der Waals surface area contributed by atoms with Crippen LogP contribution in [0.1, 0.15) is 31.2 Å². The maximum absolute atomic E-state index is 11.9. The van der Waals surface area contributed by atoms with Gasteiger partial charge in [0.05, 0.1) is 13.2 Å². The lowest BCUT2D eigenvalue weighted by Crippen LogP contribution is -2.36. The van der Waals surface area contributed by atoms with Crippen LogP contribution in [0, 0.1) is 0 Å². The van der Waals surface area contributed by atoms with Gasteiger partial charge in [-0.3, -0.25) is 4.79 Å². The summed E-state index contributed by atoms with van der Waals surface area (Å²) in [4.78, 5) is 11.9. The Morgan fingerprint density at radius 1 is 1.30 bits per heavy atom. The molecule has 1 aromatic carbocycles. The SMILES string of the molecule is COCCc1ccccc1NCC(=O)NC1CCCC1. The van der Waals surface area contributed by atoms with E-state index in [0.29, 0.717) is 19.2 Å². The molecule has 1 saturated carbocycles. The molecule has 4 nitrogen and oxygen atoms in total. The standard InChI is InChI=1S/C16H24N2O2/c1-20-11-10-13-6-2-5-9-15(13)17-12-16(19)18-14-7-3-4-8-14/h2,5-6,9,14,17H,3-4,7-8,10-12H2,1H3,(H,18,19). The zero-order valence-corrected chi connectivity index (χ0v) is 12.2. The Kier molecular flexibility index (Phi) is 5.87. The number of carbonyl (C=O) groups is 1. The molecule has 20 heavy (non-hydrogen) atoms. The molecule has 0 heterocycles. The van der Waals surface area contributed by atoms with Crippen molar-refractivity contribution >= 4 is 11.6 Å². The topological polar surface area (TPSA) is 50.4 Å². The molecule has 1 aromatic rings. The molecule has 1 amide bonds. The van der Waals surface area contributed by atoms with Gasteiger partial charge in [-0.25, -0.2) is 0 Å². The molecular formula is C16H24N2O2. The van der Waals surface area contributed by atoms with E-state index in [1.165, 1.54) is 18.4 Å². The average Bonchev–Trinajstić information content (AvgIpc) is 2.96. The van der Waals surface area contributed by atoms with Crippen LogP contribution in [0.3, 0.4) is 0 Å². The van der Waals surface area contributed by atoms with E-state index < -0.39 is 0 Å². The number of benzene rings is 1. The number of nitrogens with one attached hydrogen (secondary N) is 2. The molecule has 4 heteroatoms. The molecule has 0 spiro atoms. The molecule has 2 N–H and O–H groups in total. The summed E-state index contributed by atoms with van der Waals surface area (Å²) >= 11 is 0. The molecule has 0 aliphatic heterocycles. The Morgan fingerprint density at radius 2 is 2.05 bits per heavy atom. The van der Waals surface area contributed by atoms with Crippen molar-refractivity contribution in [1.82, 2.24) is 5.32 Å². The van der Waals surface area contributed by atoms with Gasteiger partial charge in [-0.05, 0) is 30.9 Å². The summed E-state index contributed by atoms with van der Waals surface area (Å²) < 4.78 is 5.11. The van der Waals surface area contributed by atoms with Crippen LogP contribution in [0.15, 0.2) is 24.3 Å². The highest BCUT2D eigenvalue weighted by Crippen LogP contribution is 2.18. The Balaban J connectivity index is 1.81. The molecule has 0 unspecified atom stereocenters. The van der Waals surface area contributed by atoms with Crippen LogP contribution < -0.4 is 10.6 Å². The van der Waals surface area contributed by atoms with Gasteiger partial charge in [0.2, 0.25) is 5.91 Å². The minimum Gasteiger partial charge on any atom is -0.384 e. The van der Waals surface area contributed by atoms with Gasteiger partial charge >= 0.3 is 0 Å². The fourth-order valence-electron chi connectivity index (χ4n) is 2.65. The molecule has 0 radical (unpaired) electrons. The Bertz CT molecular complexity index is 428. The van der Waals surface area contributed by atoms with E-state index in [9.17, 15) is 4.79 Å². The third-order valence-corrected chi connectivity index (χ3v) is 3.75. The summed E-state index contributed by atoms with van der Waals surface area (Å²) in [6.45, 7) is 1.02. The van der Waals surface area contributed by atoms with Crippen molar-refractivity contribution in [2.24, 2.45) is 0 Å². The number of carbonyl (C=O) groups excluding carboxylic acids is 1. The van der Waals surface area contributed by atoms with E-state index in [4.69, 9.17) is 4.74 Å². The lowest BCUT2D eigenvalue weighted by atomic mass is 10.1. The predicted octanol–water partition coefficient (Wildman–Crippen LogP) is 2.35. The molecule has 0 bridgehead atoms. The van der Waals surface area contributed by atoms with Crippen molar-refractivity contribution in [2.75, 3.05) is 25.6 Å². The molecule has 2 rings (SSSR count). The summed E-state index contributed by atoms with van der Waals surface area (Å²) in [7, 11) is 1.70. The van der Waals surface area contributed by atoms with Crippen LogP contribution in [0.2, 0.25) is 0 Å².